The van der Waals surface area contributed by atoms with E-state index in [2.05, 4.69) is 49.3 Å². The van der Waals surface area contributed by atoms with Crippen LogP contribution in [0.2, 0.25) is 0 Å². The number of aromatic nitrogens is 1. The maximum absolute atomic E-state index is 15.2. The van der Waals surface area contributed by atoms with Crippen molar-refractivity contribution in [2.75, 3.05) is 19.0 Å². The van der Waals surface area contributed by atoms with Crippen molar-refractivity contribution < 1.29 is 9.13 Å². The minimum atomic E-state index is -1.14. The van der Waals surface area contributed by atoms with Gasteiger partial charge in [0.15, 0.2) is 0 Å². The average Bonchev–Trinajstić information content (AvgIpc) is 3.05. The molecule has 6 heteroatoms. The number of rotatable bonds is 6. The Morgan fingerprint density at radius 2 is 1.79 bits per heavy atom. The SMILES string of the molecule is COc1cccc(NCC(F)C(Br)n2c3ccccc3c3cc(Br)ccc32)c1. The molecular weight excluding hydrogens is 487 g/mol. The van der Waals surface area contributed by atoms with Gasteiger partial charge in [0, 0.05) is 33.5 Å². The standard InChI is InChI=1S/C22H19Br2FN2O/c1-28-16-6-4-5-15(12-16)26-13-19(25)22(24)27-20-8-3-2-7-17(20)18-11-14(23)9-10-21(18)27/h2-12,19,22,26H,13H2,1H3. The third-order valence-corrected chi connectivity index (χ3v) is 6.26. The van der Waals surface area contributed by atoms with Crippen molar-refractivity contribution in [3.05, 3.63) is 71.2 Å². The third kappa shape index (κ3) is 3.63. The summed E-state index contributed by atoms with van der Waals surface area (Å²) in [6.45, 7) is 0.174. The highest BCUT2D eigenvalue weighted by Gasteiger charge is 2.24. The lowest BCUT2D eigenvalue weighted by atomic mass is 10.2. The molecule has 0 fully saturated rings. The highest BCUT2D eigenvalue weighted by molar-refractivity contribution is 9.10. The fraction of sp³-hybridized carbons (Fsp3) is 0.182. The molecule has 28 heavy (non-hydrogen) atoms. The minimum absolute atomic E-state index is 0.174. The molecule has 4 rings (SSSR count). The monoisotopic (exact) mass is 504 g/mol. The summed E-state index contributed by atoms with van der Waals surface area (Å²) in [6.07, 6.45) is -1.14. The first kappa shape index (κ1) is 19.3. The molecule has 4 aromatic rings. The summed E-state index contributed by atoms with van der Waals surface area (Å²) in [5.41, 5.74) is 2.82. The number of alkyl halides is 2. The number of ether oxygens (including phenoxy) is 1. The maximum Gasteiger partial charge on any atom is 0.148 e. The van der Waals surface area contributed by atoms with E-state index in [1.165, 1.54) is 0 Å². The van der Waals surface area contributed by atoms with Gasteiger partial charge in [-0.3, -0.25) is 0 Å². The summed E-state index contributed by atoms with van der Waals surface area (Å²) in [5.74, 6) is 0.740. The molecule has 0 radical (unpaired) electrons. The number of fused-ring (bicyclic) bond motifs is 3. The molecule has 1 aromatic heterocycles. The first-order valence-electron chi connectivity index (χ1n) is 8.93. The Balaban J connectivity index is 1.64. The van der Waals surface area contributed by atoms with Crippen LogP contribution in [0.4, 0.5) is 10.1 Å². The van der Waals surface area contributed by atoms with Crippen LogP contribution in [0.3, 0.4) is 0 Å². The van der Waals surface area contributed by atoms with E-state index in [4.69, 9.17) is 4.74 Å². The van der Waals surface area contributed by atoms with Crippen LogP contribution in [0, 0.1) is 0 Å². The third-order valence-electron chi connectivity index (χ3n) is 4.79. The van der Waals surface area contributed by atoms with Crippen LogP contribution < -0.4 is 10.1 Å². The second-order valence-corrected chi connectivity index (χ2v) is 8.40. The first-order valence-corrected chi connectivity index (χ1v) is 10.6. The van der Waals surface area contributed by atoms with Crippen molar-refractivity contribution in [1.29, 1.82) is 0 Å². The normalized spacial score (nSPS) is 13.6. The fourth-order valence-corrected chi connectivity index (χ4v) is 4.44. The molecule has 3 nitrogen and oxygen atoms in total. The number of para-hydroxylation sites is 1. The summed E-state index contributed by atoms with van der Waals surface area (Å²) < 4.78 is 23.4. The van der Waals surface area contributed by atoms with Crippen molar-refractivity contribution in [2.24, 2.45) is 0 Å². The van der Waals surface area contributed by atoms with Gasteiger partial charge in [0.2, 0.25) is 0 Å². The number of nitrogens with one attached hydrogen (secondary N) is 1. The molecule has 0 aliphatic heterocycles. The van der Waals surface area contributed by atoms with Crippen molar-refractivity contribution in [1.82, 2.24) is 4.57 Å². The molecule has 0 saturated heterocycles. The lowest BCUT2D eigenvalue weighted by molar-refractivity contribution is 0.313. The van der Waals surface area contributed by atoms with Gasteiger partial charge < -0.3 is 14.6 Å². The van der Waals surface area contributed by atoms with Gasteiger partial charge in [-0.25, -0.2) is 4.39 Å². The number of anilines is 1. The van der Waals surface area contributed by atoms with Gasteiger partial charge in [-0.2, -0.15) is 0 Å². The Morgan fingerprint density at radius 1 is 1.00 bits per heavy atom. The van der Waals surface area contributed by atoms with Crippen LogP contribution in [-0.4, -0.2) is 24.4 Å². The van der Waals surface area contributed by atoms with Gasteiger partial charge in [-0.15, -0.1) is 0 Å². The van der Waals surface area contributed by atoms with Crippen molar-refractivity contribution in [2.45, 2.75) is 11.1 Å². The van der Waals surface area contributed by atoms with E-state index in [1.807, 2.05) is 59.2 Å². The molecule has 0 spiro atoms. The number of methoxy groups -OCH3 is 1. The van der Waals surface area contributed by atoms with Crippen LogP contribution in [-0.2, 0) is 0 Å². The first-order chi connectivity index (χ1) is 13.6. The highest BCUT2D eigenvalue weighted by atomic mass is 79.9. The Bertz CT molecular complexity index is 1130. The average molecular weight is 506 g/mol. The zero-order chi connectivity index (χ0) is 19.7. The molecule has 3 aromatic carbocycles. The predicted molar refractivity (Wildman–Crippen MR) is 121 cm³/mol. The Kier molecular flexibility index (Phi) is 5.60. The number of hydrogen-bond acceptors (Lipinski definition) is 2. The highest BCUT2D eigenvalue weighted by Crippen LogP contribution is 2.37. The summed E-state index contributed by atoms with van der Waals surface area (Å²) in [6, 6.07) is 21.7. The van der Waals surface area contributed by atoms with Crippen molar-refractivity contribution >= 4 is 59.4 Å². The fourth-order valence-electron chi connectivity index (χ4n) is 3.45. The number of nitrogens with zero attached hydrogens (tertiary/aromatic N) is 1. The van der Waals surface area contributed by atoms with Gasteiger partial charge in [0.1, 0.15) is 16.9 Å². The molecule has 0 bridgehead atoms. The van der Waals surface area contributed by atoms with E-state index < -0.39 is 11.1 Å². The van der Waals surface area contributed by atoms with E-state index in [0.717, 1.165) is 37.7 Å². The lowest BCUT2D eigenvalue weighted by Crippen LogP contribution is -2.23. The van der Waals surface area contributed by atoms with Gasteiger partial charge in [-0.05, 0) is 36.4 Å². The maximum atomic E-state index is 15.2. The van der Waals surface area contributed by atoms with Gasteiger partial charge in [-0.1, -0.05) is 56.1 Å². The van der Waals surface area contributed by atoms with E-state index in [-0.39, 0.29) is 6.54 Å². The molecule has 2 unspecified atom stereocenters. The Hall–Kier alpha value is -2.05. The van der Waals surface area contributed by atoms with Gasteiger partial charge in [0.25, 0.3) is 0 Å². The Labute approximate surface area is 179 Å². The van der Waals surface area contributed by atoms with E-state index in [9.17, 15) is 0 Å². The molecule has 0 aliphatic rings. The number of benzene rings is 3. The summed E-state index contributed by atoms with van der Waals surface area (Å²) >= 11 is 7.15. The van der Waals surface area contributed by atoms with Gasteiger partial charge in [0.05, 0.1) is 18.1 Å². The molecular formula is C22H19Br2FN2O. The topological polar surface area (TPSA) is 26.2 Å². The second kappa shape index (κ2) is 8.13. The van der Waals surface area contributed by atoms with Crippen molar-refractivity contribution in [3.63, 3.8) is 0 Å². The summed E-state index contributed by atoms with van der Waals surface area (Å²) in [7, 11) is 1.62. The predicted octanol–water partition coefficient (Wildman–Crippen LogP) is 6.91. The van der Waals surface area contributed by atoms with Crippen LogP contribution in [0.25, 0.3) is 21.8 Å². The smallest absolute Gasteiger partial charge is 0.148 e. The molecule has 1 heterocycles. The van der Waals surface area contributed by atoms with Crippen LogP contribution in [0.15, 0.2) is 71.2 Å². The van der Waals surface area contributed by atoms with E-state index in [0.29, 0.717) is 0 Å². The molecule has 0 saturated carbocycles. The quantitative estimate of drug-likeness (QED) is 0.288. The van der Waals surface area contributed by atoms with Crippen LogP contribution in [0.5, 0.6) is 5.75 Å². The zero-order valence-corrected chi connectivity index (χ0v) is 18.4. The molecule has 0 amide bonds. The Morgan fingerprint density at radius 3 is 2.61 bits per heavy atom. The van der Waals surface area contributed by atoms with E-state index in [1.54, 1.807) is 7.11 Å². The van der Waals surface area contributed by atoms with Crippen LogP contribution in [0.1, 0.15) is 4.95 Å². The second-order valence-electron chi connectivity index (χ2n) is 6.55. The summed E-state index contributed by atoms with van der Waals surface area (Å²) in [4.78, 5) is -0.505. The van der Waals surface area contributed by atoms with Crippen molar-refractivity contribution in [3.8, 4) is 5.75 Å². The largest absolute Gasteiger partial charge is 0.497 e. The van der Waals surface area contributed by atoms with Gasteiger partial charge >= 0.3 is 0 Å². The molecule has 0 aliphatic carbocycles. The molecule has 2 atom stereocenters. The minimum Gasteiger partial charge on any atom is -0.497 e. The lowest BCUT2D eigenvalue weighted by Gasteiger charge is -2.20. The molecule has 144 valence electrons. The summed E-state index contributed by atoms with van der Waals surface area (Å²) in [5, 5.41) is 5.37. The van der Waals surface area contributed by atoms with Crippen LogP contribution >= 0.6 is 31.9 Å². The molecule has 1 N–H and O–H groups in total. The number of halogens is 3. The number of hydrogen-bond donors (Lipinski definition) is 1. The van der Waals surface area contributed by atoms with E-state index >= 15 is 4.39 Å². The zero-order valence-electron chi connectivity index (χ0n) is 15.2.